The molecule has 2 heterocycles. The minimum Gasteiger partial charge on any atom is -0.354 e. The average Bonchev–Trinajstić information content (AvgIpc) is 3.12. The summed E-state index contributed by atoms with van der Waals surface area (Å²) in [6, 6.07) is -0.0754. The Morgan fingerprint density at radius 1 is 1.33 bits per heavy atom. The summed E-state index contributed by atoms with van der Waals surface area (Å²) in [7, 11) is -1.72. The van der Waals surface area contributed by atoms with Gasteiger partial charge >= 0.3 is 0 Å². The first-order valence-corrected chi connectivity index (χ1v) is 10.6. The molecule has 24 heavy (non-hydrogen) atoms. The van der Waals surface area contributed by atoms with Crippen molar-refractivity contribution in [3.05, 3.63) is 0 Å². The average molecular weight is 361 g/mol. The third-order valence-electron chi connectivity index (χ3n) is 4.97. The molecule has 2 aliphatic rings. The largest absolute Gasteiger partial charge is 0.354 e. The molecule has 0 spiro atoms. The zero-order chi connectivity index (χ0) is 17.6. The topological polar surface area (TPSA) is 81.8 Å². The van der Waals surface area contributed by atoms with Crippen molar-refractivity contribution in [1.82, 2.24) is 19.2 Å². The van der Waals surface area contributed by atoms with Crippen molar-refractivity contribution in [3.63, 3.8) is 0 Å². The Hall–Kier alpha value is -0.700. The minimum atomic E-state index is -3.38. The van der Waals surface area contributed by atoms with Crippen LogP contribution < -0.4 is 10.6 Å². The van der Waals surface area contributed by atoms with Crippen LogP contribution in [0, 0.1) is 5.92 Å². The maximum absolute atomic E-state index is 12.6. The van der Waals surface area contributed by atoms with E-state index in [1.807, 2.05) is 0 Å². The van der Waals surface area contributed by atoms with E-state index < -0.39 is 10.2 Å². The first-order valence-electron chi connectivity index (χ1n) is 9.17. The van der Waals surface area contributed by atoms with Crippen LogP contribution in [0.4, 0.5) is 0 Å². The summed E-state index contributed by atoms with van der Waals surface area (Å²) in [5.41, 5.74) is 0. The Labute approximate surface area is 146 Å². The van der Waals surface area contributed by atoms with Crippen molar-refractivity contribution >= 4 is 16.1 Å². The smallest absolute Gasteiger partial charge is 0.281 e. The normalized spacial score (nSPS) is 26.0. The second-order valence-corrected chi connectivity index (χ2v) is 8.98. The third-order valence-corrected chi connectivity index (χ3v) is 6.92. The number of piperidine rings is 1. The standard InChI is InChI=1S/C16H32N4O3S/c1-3-4-10-19(2)24(22,23)20-11-6-7-14(13-20)12-18-16(21)15-8-5-9-17-15/h14-15,17H,3-13H2,1-2H3,(H,18,21). The van der Waals surface area contributed by atoms with Gasteiger partial charge in [0.2, 0.25) is 5.91 Å². The lowest BCUT2D eigenvalue weighted by atomic mass is 9.99. The number of hydrogen-bond acceptors (Lipinski definition) is 4. The van der Waals surface area contributed by atoms with Gasteiger partial charge in [-0.2, -0.15) is 17.0 Å². The van der Waals surface area contributed by atoms with Crippen LogP contribution in [0.2, 0.25) is 0 Å². The molecule has 140 valence electrons. The molecule has 0 aliphatic carbocycles. The summed E-state index contributed by atoms with van der Waals surface area (Å²) in [5.74, 6) is 0.242. The molecule has 0 aromatic carbocycles. The Morgan fingerprint density at radius 3 is 2.79 bits per heavy atom. The SMILES string of the molecule is CCCCN(C)S(=O)(=O)N1CCCC(CNC(=O)C2CCCN2)C1. The van der Waals surface area contributed by atoms with Gasteiger partial charge in [0.1, 0.15) is 0 Å². The lowest BCUT2D eigenvalue weighted by Crippen LogP contribution is -2.49. The van der Waals surface area contributed by atoms with Crippen LogP contribution in [0.5, 0.6) is 0 Å². The zero-order valence-electron chi connectivity index (χ0n) is 15.0. The second-order valence-electron chi connectivity index (χ2n) is 6.94. The van der Waals surface area contributed by atoms with Gasteiger partial charge in [-0.25, -0.2) is 0 Å². The molecule has 2 N–H and O–H groups in total. The van der Waals surface area contributed by atoms with Gasteiger partial charge in [0.15, 0.2) is 0 Å². The molecule has 2 unspecified atom stereocenters. The lowest BCUT2D eigenvalue weighted by molar-refractivity contribution is -0.123. The number of hydrogen-bond donors (Lipinski definition) is 2. The van der Waals surface area contributed by atoms with Gasteiger partial charge < -0.3 is 10.6 Å². The van der Waals surface area contributed by atoms with E-state index in [2.05, 4.69) is 17.6 Å². The van der Waals surface area contributed by atoms with E-state index in [9.17, 15) is 13.2 Å². The van der Waals surface area contributed by atoms with Crippen molar-refractivity contribution in [3.8, 4) is 0 Å². The van der Waals surface area contributed by atoms with Gasteiger partial charge in [-0.1, -0.05) is 13.3 Å². The summed E-state index contributed by atoms with van der Waals surface area (Å²) in [4.78, 5) is 12.1. The molecule has 2 rings (SSSR count). The number of unbranched alkanes of at least 4 members (excludes halogenated alkanes) is 1. The van der Waals surface area contributed by atoms with E-state index in [4.69, 9.17) is 0 Å². The summed E-state index contributed by atoms with van der Waals surface area (Å²) >= 11 is 0. The Morgan fingerprint density at radius 2 is 2.12 bits per heavy atom. The van der Waals surface area contributed by atoms with Crippen LogP contribution in [0.3, 0.4) is 0 Å². The fourth-order valence-corrected chi connectivity index (χ4v) is 4.89. The monoisotopic (exact) mass is 360 g/mol. The van der Waals surface area contributed by atoms with E-state index in [-0.39, 0.29) is 17.9 Å². The van der Waals surface area contributed by atoms with E-state index in [1.165, 1.54) is 4.31 Å². The van der Waals surface area contributed by atoms with Crippen LogP contribution in [-0.4, -0.2) is 68.7 Å². The number of rotatable bonds is 8. The van der Waals surface area contributed by atoms with Crippen molar-refractivity contribution in [2.75, 3.05) is 39.8 Å². The summed E-state index contributed by atoms with van der Waals surface area (Å²) in [5, 5.41) is 6.18. The maximum atomic E-state index is 12.6. The lowest BCUT2D eigenvalue weighted by Gasteiger charge is -2.34. The zero-order valence-corrected chi connectivity index (χ0v) is 15.8. The quantitative estimate of drug-likeness (QED) is 0.662. The fraction of sp³-hybridized carbons (Fsp3) is 0.938. The Kier molecular flexibility index (Phi) is 7.46. The van der Waals surface area contributed by atoms with Crippen LogP contribution >= 0.6 is 0 Å². The third kappa shape index (κ3) is 5.15. The van der Waals surface area contributed by atoms with E-state index >= 15 is 0 Å². The predicted molar refractivity (Wildman–Crippen MR) is 94.8 cm³/mol. The molecule has 2 atom stereocenters. The number of nitrogens with zero attached hydrogens (tertiary/aromatic N) is 2. The van der Waals surface area contributed by atoms with Crippen molar-refractivity contribution in [2.45, 2.75) is 51.5 Å². The first-order chi connectivity index (χ1) is 11.4. The molecule has 0 saturated carbocycles. The Bertz CT molecular complexity index is 505. The highest BCUT2D eigenvalue weighted by Gasteiger charge is 2.32. The van der Waals surface area contributed by atoms with Crippen molar-refractivity contribution in [1.29, 1.82) is 0 Å². The summed E-state index contributed by atoms with van der Waals surface area (Å²) in [6.07, 6.45) is 5.59. The van der Waals surface area contributed by atoms with Crippen LogP contribution in [0.15, 0.2) is 0 Å². The number of carbonyl (C=O) groups is 1. The van der Waals surface area contributed by atoms with Gasteiger partial charge in [-0.05, 0) is 44.6 Å². The van der Waals surface area contributed by atoms with E-state index in [0.717, 1.165) is 45.1 Å². The van der Waals surface area contributed by atoms with Crippen molar-refractivity contribution < 1.29 is 13.2 Å². The first kappa shape index (κ1) is 19.6. The summed E-state index contributed by atoms with van der Waals surface area (Å²) in [6.45, 7) is 5.15. The van der Waals surface area contributed by atoms with E-state index in [0.29, 0.717) is 26.2 Å². The molecule has 0 aromatic rings. The van der Waals surface area contributed by atoms with E-state index in [1.54, 1.807) is 11.4 Å². The van der Waals surface area contributed by atoms with Crippen LogP contribution in [0.1, 0.15) is 45.4 Å². The molecule has 2 aliphatic heterocycles. The fourth-order valence-electron chi connectivity index (χ4n) is 3.37. The molecule has 0 aromatic heterocycles. The van der Waals surface area contributed by atoms with Gasteiger partial charge in [0.05, 0.1) is 6.04 Å². The second kappa shape index (κ2) is 9.12. The highest BCUT2D eigenvalue weighted by molar-refractivity contribution is 7.86. The summed E-state index contributed by atoms with van der Waals surface area (Å²) < 4.78 is 28.3. The molecule has 2 fully saturated rings. The number of carbonyl (C=O) groups excluding carboxylic acids is 1. The number of nitrogens with one attached hydrogen (secondary N) is 2. The molecule has 0 radical (unpaired) electrons. The molecule has 0 bridgehead atoms. The molecule has 8 heteroatoms. The van der Waals surface area contributed by atoms with Crippen LogP contribution in [-0.2, 0) is 15.0 Å². The highest BCUT2D eigenvalue weighted by atomic mass is 32.2. The molecule has 7 nitrogen and oxygen atoms in total. The molecular formula is C16H32N4O3S. The van der Waals surface area contributed by atoms with Gasteiger partial charge in [0.25, 0.3) is 10.2 Å². The van der Waals surface area contributed by atoms with Gasteiger partial charge in [-0.3, -0.25) is 4.79 Å². The number of amides is 1. The maximum Gasteiger partial charge on any atom is 0.281 e. The molecule has 1 amide bonds. The Balaban J connectivity index is 1.83. The highest BCUT2D eigenvalue weighted by Crippen LogP contribution is 2.20. The predicted octanol–water partition coefficient (Wildman–Crippen LogP) is 0.543. The van der Waals surface area contributed by atoms with Crippen LogP contribution in [0.25, 0.3) is 0 Å². The molecule has 2 saturated heterocycles. The van der Waals surface area contributed by atoms with Gasteiger partial charge in [-0.15, -0.1) is 0 Å². The van der Waals surface area contributed by atoms with Gasteiger partial charge in [0, 0.05) is 33.2 Å². The minimum absolute atomic E-state index is 0.0487. The molecular weight excluding hydrogens is 328 g/mol. The van der Waals surface area contributed by atoms with Crippen molar-refractivity contribution in [2.24, 2.45) is 5.92 Å².